The molecule has 8 rings (SSSR count). The van der Waals surface area contributed by atoms with Crippen LogP contribution in [0.4, 0.5) is 80.2 Å². The highest BCUT2D eigenvalue weighted by Crippen LogP contribution is 2.36. The number of halogens is 21. The summed E-state index contributed by atoms with van der Waals surface area (Å²) in [6.07, 6.45) is -15.0. The molecule has 45 heteroatoms. The molecule has 0 saturated carbocycles. The molecule has 801 valence electrons. The number of hydrogen-bond donors (Lipinski definition) is 11. The van der Waals surface area contributed by atoms with E-state index < -0.39 is 94.9 Å². The molecule has 0 aromatic heterocycles. The fraction of sp³-hybridized carbons (Fsp3) is 0.433. The molecule has 0 fully saturated rings. The largest absolute Gasteiger partial charge is 1.00 e. The number of benzene rings is 8. The van der Waals surface area contributed by atoms with Gasteiger partial charge < -0.3 is 164 Å². The minimum absolute atomic E-state index is 0. The number of carbonyl (C=O) groups is 7. The summed E-state index contributed by atoms with van der Waals surface area (Å²) in [7, 11) is 1.91. The van der Waals surface area contributed by atoms with E-state index in [9.17, 15) is 99.4 Å². The van der Waals surface area contributed by atoms with E-state index in [0.717, 1.165) is 138 Å². The van der Waals surface area contributed by atoms with Gasteiger partial charge in [-0.05, 0) is 222 Å². The van der Waals surface area contributed by atoms with Crippen LogP contribution in [0.25, 0.3) is 0 Å². The van der Waals surface area contributed by atoms with Crippen LogP contribution in [0.5, 0.6) is 0 Å². The standard InChI is InChI=1S/C29H30F3N3O5.2C14H21F3N2.C14H21NO2.C13H18F3N3O.C9H7F3O2.C2H4BO.CH4O.CH4.6ClH/c1-21-16-24(18-25(17-21)29(30,31)32)26(36)35(14-12-33-27(37)39-19-22-8-4-2-5-9-22)15-13-34-28(38)40-20-23-10-6-3-7-11-23;2*1-10-6-12(8-11(2-4-18)3-5-19)9-13(7-10)14(15,16)17;1-2-3-4-8-11-15-14(16)17-12-13-9-6-5-7-10-13;1-9-6-10(8-11(7-9)13(14,15)16)12(20)19(4-2-17)5-3-18;1-5-2-6(8(13)14)4-7(3-5)9(10,11)12;3-1-2-4;1-2;;;;;;;/h2-11,16-18H,12-15,19-20H2,1H3,(H,33,37)(H,34,38);2*6-7,9,11H,2-5,8,18-19H2,1H3;5-7,9-10H,2-4,8,11-12H2,1H3,(H,15,16);6-8H,2-5,17-18H2,1H3;2-4H,1H3,(H,13,14);2-3H,1H2;2H,1H3;1H4;6*1H/p-2/i;;;;;;2D,3T;;;;;;;;. The number of alkyl halides is 15. The number of carboxylic acids is 1. The number of aldehydes is 1. The molecule has 0 unspecified atom stereocenters. The monoisotopic (exact) mass is 2150 g/mol. The van der Waals surface area contributed by atoms with E-state index in [-0.39, 0.29) is 188 Å². The Balaban J connectivity index is -0.000000316. The van der Waals surface area contributed by atoms with Gasteiger partial charge >= 0.3 is 55.1 Å². The summed E-state index contributed by atoms with van der Waals surface area (Å²) < 4.78 is 219. The highest BCUT2D eigenvalue weighted by Gasteiger charge is 2.36. The molecule has 8 aromatic rings. The van der Waals surface area contributed by atoms with Crippen molar-refractivity contribution in [1.29, 1.82) is 1.34 Å². The van der Waals surface area contributed by atoms with Crippen LogP contribution in [-0.2, 0) is 82.5 Å². The number of nitrogens with zero attached hydrogens (tertiary/aromatic N) is 2. The van der Waals surface area contributed by atoms with E-state index in [1.165, 1.54) is 85.9 Å². The van der Waals surface area contributed by atoms with Crippen molar-refractivity contribution in [2.24, 2.45) is 23.3 Å². The van der Waals surface area contributed by atoms with Crippen LogP contribution in [0.1, 0.15) is 182 Å². The third-order valence-electron chi connectivity index (χ3n) is 19.1. The van der Waals surface area contributed by atoms with Gasteiger partial charge in [-0.1, -0.05) is 148 Å². The van der Waals surface area contributed by atoms with Crippen molar-refractivity contribution >= 4 is 50.1 Å². The number of nitrogens with two attached hydrogens (primary N) is 2. The Morgan fingerprint density at radius 2 is 0.683 bits per heavy atom. The zero-order valence-electron chi connectivity index (χ0n) is 81.4. The summed E-state index contributed by atoms with van der Waals surface area (Å²) in [5, 5.41) is 23.3. The first-order chi connectivity index (χ1) is 64.5. The smallest absolute Gasteiger partial charge is 0.416 e. The summed E-state index contributed by atoms with van der Waals surface area (Å²) in [6.45, 7) is 15.1. The molecular weight excluding hydrogens is 2020 g/mol. The molecule has 0 heterocycles. The number of carbonyl (C=O) groups excluding carboxylic acids is 6. The minimum atomic E-state index is -4.62. The summed E-state index contributed by atoms with van der Waals surface area (Å²) in [5.74, 6) is -1.79. The SMILES string of the molecule is C.CCCCCCNC(=O)OCc1ccccc1.CO.Cc1cc(C(=O)N(CCN)CCN)cc(C(F)(F)F)c1.Cc1cc(C(=O)N(CCNC(=O)OCc2ccccc2)CCNC(=O)OCc2ccccc2)cc(C(F)(F)F)c1.Cc1cc(C(=O)O)cc(C(F)(F)F)c1.Cc1cc(CC(CC[NH3+])CC[NH3+])cc(C(F)(F)F)c1.Cc1cc(CC(CC[NH3+])CC[NH3+])cc(C(F)(F)F)c1.[2H]C(=O)C[B][3H].[Cl-].[Cl-].[Cl-].[Cl-].[Cl-].[Cl-]. The van der Waals surface area contributed by atoms with E-state index in [1.54, 1.807) is 62.4 Å². The van der Waals surface area contributed by atoms with Gasteiger partial charge in [0, 0.05) is 77.1 Å². The number of aliphatic hydroxyl groups excluding tert-OH is 1. The van der Waals surface area contributed by atoms with Crippen LogP contribution in [-0.4, -0.2) is 164 Å². The van der Waals surface area contributed by atoms with E-state index in [2.05, 4.69) is 45.8 Å². The van der Waals surface area contributed by atoms with Gasteiger partial charge in [0.1, 0.15) is 27.5 Å². The summed E-state index contributed by atoms with van der Waals surface area (Å²) in [5.41, 5.74) is 28.1. The number of rotatable bonds is 38. The van der Waals surface area contributed by atoms with E-state index in [4.69, 9.17) is 38.6 Å². The lowest BCUT2D eigenvalue weighted by Gasteiger charge is -2.24. The maximum atomic E-state index is 13.3. The number of aliphatic hydroxyl groups is 1. The van der Waals surface area contributed by atoms with E-state index in [1.807, 2.05) is 54.6 Å². The average Bonchev–Trinajstić information content (AvgIpc) is 0.834. The van der Waals surface area contributed by atoms with Crippen LogP contribution < -0.4 is 125 Å². The molecule has 0 aliphatic heterocycles. The van der Waals surface area contributed by atoms with Gasteiger partial charge in [-0.25, -0.2) is 19.2 Å². The lowest BCUT2D eigenvalue weighted by Crippen LogP contribution is -3.00. The van der Waals surface area contributed by atoms with Gasteiger partial charge in [-0.15, -0.1) is 0 Å². The van der Waals surface area contributed by atoms with Crippen LogP contribution in [0.2, 0.25) is 6.32 Å². The molecule has 8 aromatic carbocycles. The number of alkyl carbamates (subject to hydrolysis) is 3. The molecule has 0 aliphatic carbocycles. The number of aromatic carboxylic acids is 1. The number of ether oxygens (including phenoxy) is 3. The number of unbranched alkanes of at least 4 members (excludes halogenated alkanes) is 3. The number of hydrogen-bond acceptors (Lipinski definition) is 13. The third-order valence-corrected chi connectivity index (χ3v) is 19.1. The first-order valence-electron chi connectivity index (χ1n) is 44.4. The Hall–Kier alpha value is -9.88. The molecule has 0 saturated heterocycles. The molecular formula is C97H134BCl6F15N11O12-2. The van der Waals surface area contributed by atoms with Crippen molar-refractivity contribution < 1.29 is 223 Å². The first-order valence-corrected chi connectivity index (χ1v) is 43.3. The van der Waals surface area contributed by atoms with Crippen LogP contribution >= 0.6 is 0 Å². The second kappa shape index (κ2) is 78.5. The normalized spacial score (nSPS) is 10.6. The van der Waals surface area contributed by atoms with Crippen molar-refractivity contribution in [3.05, 3.63) is 282 Å². The van der Waals surface area contributed by atoms with Crippen LogP contribution in [0, 0.1) is 46.5 Å². The Morgan fingerprint density at radius 3 is 0.937 bits per heavy atom. The van der Waals surface area contributed by atoms with Gasteiger partial charge in [-0.3, -0.25) is 9.59 Å². The molecule has 0 atom stereocenters. The third kappa shape index (κ3) is 63.3. The Kier molecular flexibility index (Phi) is 77.8. The Labute approximate surface area is 862 Å². The molecule has 21 N–H and O–H groups in total. The van der Waals surface area contributed by atoms with Gasteiger partial charge in [0.2, 0.25) is 0 Å². The number of quaternary nitrogens is 4. The van der Waals surface area contributed by atoms with Crippen molar-refractivity contribution in [2.75, 3.05) is 92.2 Å². The highest BCUT2D eigenvalue weighted by molar-refractivity contribution is 6.15. The average molecular weight is 2160 g/mol. The van der Waals surface area contributed by atoms with Crippen molar-refractivity contribution in [3.8, 4) is 0 Å². The number of aryl methyl sites for hydroxylation is 5. The quantitative estimate of drug-likeness (QED) is 0.00629. The lowest BCUT2D eigenvalue weighted by molar-refractivity contribution is -0.378. The topological polar surface area (TPSA) is 393 Å². The Bertz CT molecular complexity index is 4730. The van der Waals surface area contributed by atoms with Gasteiger partial charge in [0.05, 0.1) is 67.4 Å². The number of nitrogens with one attached hydrogen (secondary N) is 3. The summed E-state index contributed by atoms with van der Waals surface area (Å²) in [6, 6.07) is 45.5. The first kappa shape index (κ1) is 141. The maximum absolute atomic E-state index is 13.3. The van der Waals surface area contributed by atoms with Gasteiger partial charge in [0.15, 0.2) is 0 Å². The second-order valence-corrected chi connectivity index (χ2v) is 30.7. The molecule has 0 aliphatic rings. The minimum Gasteiger partial charge on any atom is -1.00 e. The van der Waals surface area contributed by atoms with E-state index >= 15 is 0 Å². The second-order valence-electron chi connectivity index (χ2n) is 30.7. The van der Waals surface area contributed by atoms with Gasteiger partial charge in [-0.2, -0.15) is 65.9 Å². The zero-order chi connectivity index (χ0) is 103. The predicted octanol–water partition coefficient (Wildman–Crippen LogP) is -2.47. The molecule has 5 amide bonds. The molecule has 1 radical (unpaired) electrons. The summed E-state index contributed by atoms with van der Waals surface area (Å²) in [4.78, 5) is 83.5. The summed E-state index contributed by atoms with van der Waals surface area (Å²) >= 11 is 0. The van der Waals surface area contributed by atoms with Crippen LogP contribution in [0.15, 0.2) is 182 Å². The Morgan fingerprint density at radius 1 is 0.415 bits per heavy atom. The van der Waals surface area contributed by atoms with E-state index in [0.29, 0.717) is 60.6 Å². The molecule has 0 spiro atoms. The molecule has 142 heavy (non-hydrogen) atoms. The van der Waals surface area contributed by atoms with Gasteiger partial charge in [0.25, 0.3) is 11.8 Å². The fourth-order valence-electron chi connectivity index (χ4n) is 13.0. The zero-order valence-corrected chi connectivity index (χ0v) is 84.0. The number of amides is 5. The molecule has 0 bridgehead atoms. The van der Waals surface area contributed by atoms with Crippen LogP contribution in [0.3, 0.4) is 0 Å². The highest BCUT2D eigenvalue weighted by atomic mass is 35.5. The maximum Gasteiger partial charge on any atom is 0.416 e. The van der Waals surface area contributed by atoms with Crippen molar-refractivity contribution in [1.82, 2.24) is 25.8 Å². The molecule has 23 nitrogen and oxygen atoms in total. The lowest BCUT2D eigenvalue weighted by atomic mass is 9.91. The fourth-order valence-corrected chi connectivity index (χ4v) is 13.0. The number of carboxylic acid groups (broad SMARTS) is 1. The predicted molar refractivity (Wildman–Crippen MR) is 493 cm³/mol. The van der Waals surface area contributed by atoms with Crippen molar-refractivity contribution in [3.63, 3.8) is 0 Å². The van der Waals surface area contributed by atoms with Crippen molar-refractivity contribution in [2.45, 2.75) is 170 Å².